The zero-order valence-electron chi connectivity index (χ0n) is 10.2. The van der Waals surface area contributed by atoms with E-state index in [1.807, 2.05) is 0 Å². The average molecular weight is 225 g/mol. The highest BCUT2D eigenvalue weighted by atomic mass is 16.5. The Morgan fingerprint density at radius 2 is 2.31 bits per heavy atom. The van der Waals surface area contributed by atoms with E-state index in [2.05, 4.69) is 12.2 Å². The lowest BCUT2D eigenvalue weighted by Gasteiger charge is -2.14. The molecule has 2 aliphatic rings. The van der Waals surface area contributed by atoms with E-state index in [-0.39, 0.29) is 5.92 Å². The Labute approximate surface area is 97.9 Å². The molecule has 2 aliphatic heterocycles. The van der Waals surface area contributed by atoms with Crippen LogP contribution in [0.5, 0.6) is 0 Å². The molecule has 1 N–H and O–H groups in total. The van der Waals surface area contributed by atoms with Crippen LogP contribution >= 0.6 is 0 Å². The second-order valence-corrected chi connectivity index (χ2v) is 5.13. The van der Waals surface area contributed by atoms with Crippen molar-refractivity contribution in [2.45, 2.75) is 57.6 Å². The Morgan fingerprint density at radius 3 is 2.94 bits per heavy atom. The molecule has 2 saturated heterocycles. The summed E-state index contributed by atoms with van der Waals surface area (Å²) in [5, 5.41) is 3.34. The molecule has 0 radical (unpaired) electrons. The Kier molecular flexibility index (Phi) is 4.36. The number of nitrogens with one attached hydrogen (secondary N) is 1. The number of carbonyl (C=O) groups excluding carboxylic acids is 1. The molecular weight excluding hydrogens is 202 g/mol. The maximum Gasteiger partial charge on any atom is 0.137 e. The summed E-state index contributed by atoms with van der Waals surface area (Å²) < 4.78 is 5.56. The van der Waals surface area contributed by atoms with Gasteiger partial charge in [-0.1, -0.05) is 0 Å². The minimum Gasteiger partial charge on any atom is -0.378 e. The number of Topliss-reactive ketones (excluding diaryl/α,β-unsaturated/α-hetero) is 1. The van der Waals surface area contributed by atoms with E-state index >= 15 is 0 Å². The van der Waals surface area contributed by atoms with Crippen molar-refractivity contribution in [3.8, 4) is 0 Å². The van der Waals surface area contributed by atoms with Gasteiger partial charge in [0, 0.05) is 25.0 Å². The Morgan fingerprint density at radius 1 is 1.44 bits per heavy atom. The van der Waals surface area contributed by atoms with Crippen molar-refractivity contribution in [2.24, 2.45) is 5.92 Å². The van der Waals surface area contributed by atoms with Crippen LogP contribution in [0.4, 0.5) is 0 Å². The van der Waals surface area contributed by atoms with Gasteiger partial charge in [0.05, 0.1) is 6.10 Å². The molecule has 3 atom stereocenters. The summed E-state index contributed by atoms with van der Waals surface area (Å²) in [4.78, 5) is 11.9. The van der Waals surface area contributed by atoms with Gasteiger partial charge < -0.3 is 10.1 Å². The van der Waals surface area contributed by atoms with Crippen LogP contribution in [0.1, 0.15) is 45.4 Å². The molecule has 3 heteroatoms. The molecule has 92 valence electrons. The number of rotatable bonds is 5. The summed E-state index contributed by atoms with van der Waals surface area (Å²) in [5.41, 5.74) is 0. The average Bonchev–Trinajstić information content (AvgIpc) is 2.88. The molecule has 3 nitrogen and oxygen atoms in total. The first kappa shape index (κ1) is 12.1. The van der Waals surface area contributed by atoms with Gasteiger partial charge in [-0.15, -0.1) is 0 Å². The lowest BCUT2D eigenvalue weighted by atomic mass is 9.93. The molecule has 0 aromatic heterocycles. The van der Waals surface area contributed by atoms with Gasteiger partial charge in [0.2, 0.25) is 0 Å². The van der Waals surface area contributed by atoms with Gasteiger partial charge in [0.1, 0.15) is 5.78 Å². The maximum absolute atomic E-state index is 11.9. The van der Waals surface area contributed by atoms with Crippen molar-refractivity contribution in [1.29, 1.82) is 0 Å². The highest BCUT2D eigenvalue weighted by molar-refractivity contribution is 5.81. The zero-order valence-corrected chi connectivity index (χ0v) is 10.2. The standard InChI is InChI=1S/C13H23NO2/c1-10-12(7-8-14-10)13(15)6-2-4-11-5-3-9-16-11/h10-12,14H,2-9H2,1H3. The van der Waals surface area contributed by atoms with Crippen LogP contribution in [0, 0.1) is 5.92 Å². The summed E-state index contributed by atoms with van der Waals surface area (Å²) >= 11 is 0. The second kappa shape index (κ2) is 5.78. The van der Waals surface area contributed by atoms with E-state index in [1.165, 1.54) is 12.8 Å². The lowest BCUT2D eigenvalue weighted by Crippen LogP contribution is -2.28. The minimum absolute atomic E-state index is 0.268. The van der Waals surface area contributed by atoms with Crippen molar-refractivity contribution in [3.63, 3.8) is 0 Å². The van der Waals surface area contributed by atoms with Crippen molar-refractivity contribution in [2.75, 3.05) is 13.2 Å². The van der Waals surface area contributed by atoms with Crippen LogP contribution in [0.15, 0.2) is 0 Å². The predicted octanol–water partition coefficient (Wildman–Crippen LogP) is 1.90. The maximum atomic E-state index is 11.9. The number of ether oxygens (including phenoxy) is 1. The number of carbonyl (C=O) groups is 1. The van der Waals surface area contributed by atoms with Crippen molar-refractivity contribution in [3.05, 3.63) is 0 Å². The Bertz CT molecular complexity index is 236. The molecule has 0 spiro atoms. The fourth-order valence-corrected chi connectivity index (χ4v) is 2.86. The fraction of sp³-hybridized carbons (Fsp3) is 0.923. The summed E-state index contributed by atoms with van der Waals surface area (Å²) in [5.74, 6) is 0.722. The molecule has 16 heavy (non-hydrogen) atoms. The quantitative estimate of drug-likeness (QED) is 0.776. The molecule has 0 saturated carbocycles. The monoisotopic (exact) mass is 225 g/mol. The van der Waals surface area contributed by atoms with Gasteiger partial charge in [0.15, 0.2) is 0 Å². The zero-order chi connectivity index (χ0) is 11.4. The Balaban J connectivity index is 1.63. The third kappa shape index (κ3) is 3.05. The number of hydrogen-bond acceptors (Lipinski definition) is 3. The first-order chi connectivity index (χ1) is 7.77. The minimum atomic E-state index is 0.268. The van der Waals surface area contributed by atoms with Crippen molar-refractivity contribution >= 4 is 5.78 Å². The second-order valence-electron chi connectivity index (χ2n) is 5.13. The third-order valence-corrected chi connectivity index (χ3v) is 3.91. The van der Waals surface area contributed by atoms with Crippen LogP contribution in [0.3, 0.4) is 0 Å². The van der Waals surface area contributed by atoms with Gasteiger partial charge in [-0.3, -0.25) is 4.79 Å². The van der Waals surface area contributed by atoms with Gasteiger partial charge in [-0.05, 0) is 45.6 Å². The third-order valence-electron chi connectivity index (χ3n) is 3.91. The highest BCUT2D eigenvalue weighted by Gasteiger charge is 2.28. The molecular formula is C13H23NO2. The molecule has 0 aromatic rings. The number of ketones is 1. The van der Waals surface area contributed by atoms with Crippen molar-refractivity contribution in [1.82, 2.24) is 5.32 Å². The SMILES string of the molecule is CC1NCCC1C(=O)CCCC1CCCO1. The Hall–Kier alpha value is -0.410. The summed E-state index contributed by atoms with van der Waals surface area (Å²) in [6.45, 7) is 4.04. The normalized spacial score (nSPS) is 34.4. The molecule has 0 bridgehead atoms. The van der Waals surface area contributed by atoms with E-state index in [4.69, 9.17) is 4.74 Å². The van der Waals surface area contributed by atoms with Crippen LogP contribution in [0.25, 0.3) is 0 Å². The summed E-state index contributed by atoms with van der Waals surface area (Å²) in [7, 11) is 0. The van der Waals surface area contributed by atoms with Gasteiger partial charge in [0.25, 0.3) is 0 Å². The largest absolute Gasteiger partial charge is 0.378 e. The van der Waals surface area contributed by atoms with E-state index in [1.54, 1.807) is 0 Å². The molecule has 0 aliphatic carbocycles. The predicted molar refractivity (Wildman–Crippen MR) is 63.4 cm³/mol. The first-order valence-corrected chi connectivity index (χ1v) is 6.65. The molecule has 0 amide bonds. The molecule has 2 heterocycles. The van der Waals surface area contributed by atoms with Crippen LogP contribution in [-0.4, -0.2) is 31.1 Å². The van der Waals surface area contributed by atoms with Crippen LogP contribution in [0.2, 0.25) is 0 Å². The van der Waals surface area contributed by atoms with Crippen LogP contribution < -0.4 is 5.32 Å². The highest BCUT2D eigenvalue weighted by Crippen LogP contribution is 2.21. The van der Waals surface area contributed by atoms with E-state index in [9.17, 15) is 4.79 Å². The van der Waals surface area contributed by atoms with Gasteiger partial charge >= 0.3 is 0 Å². The topological polar surface area (TPSA) is 38.3 Å². The lowest BCUT2D eigenvalue weighted by molar-refractivity contribution is -0.123. The molecule has 2 rings (SSSR count). The van der Waals surface area contributed by atoms with Gasteiger partial charge in [-0.25, -0.2) is 0 Å². The van der Waals surface area contributed by atoms with E-state index in [0.29, 0.717) is 17.9 Å². The molecule has 3 unspecified atom stereocenters. The van der Waals surface area contributed by atoms with Gasteiger partial charge in [-0.2, -0.15) is 0 Å². The summed E-state index contributed by atoms with van der Waals surface area (Å²) in [6, 6.07) is 0.384. The number of hydrogen-bond donors (Lipinski definition) is 1. The van der Waals surface area contributed by atoms with Crippen molar-refractivity contribution < 1.29 is 9.53 Å². The first-order valence-electron chi connectivity index (χ1n) is 6.65. The molecule has 2 fully saturated rings. The molecule has 0 aromatic carbocycles. The summed E-state index contributed by atoms with van der Waals surface area (Å²) in [6.07, 6.45) is 6.67. The van der Waals surface area contributed by atoms with E-state index < -0.39 is 0 Å². The fourth-order valence-electron chi connectivity index (χ4n) is 2.86. The van der Waals surface area contributed by atoms with Crippen LogP contribution in [-0.2, 0) is 9.53 Å². The smallest absolute Gasteiger partial charge is 0.137 e. The van der Waals surface area contributed by atoms with E-state index in [0.717, 1.165) is 38.8 Å².